The van der Waals surface area contributed by atoms with Gasteiger partial charge in [0.1, 0.15) is 73.2 Å². The van der Waals surface area contributed by atoms with E-state index in [1.165, 1.54) is 193 Å². The van der Waals surface area contributed by atoms with E-state index in [0.29, 0.717) is 12.8 Å². The molecule has 0 radical (unpaired) electrons. The van der Waals surface area contributed by atoms with Gasteiger partial charge in [-0.15, -0.1) is 0 Å². The lowest BCUT2D eigenvalue weighted by atomic mass is 9.96. The molecule has 0 saturated carbocycles. The Labute approximate surface area is 531 Å². The molecule has 0 bridgehead atoms. The first-order valence-corrected chi connectivity index (χ1v) is 35.9. The molecular formula is C69H131NO18. The zero-order valence-electron chi connectivity index (χ0n) is 55.0. The van der Waals surface area contributed by atoms with Gasteiger partial charge in [0.15, 0.2) is 18.9 Å². The molecule has 520 valence electrons. The second kappa shape index (κ2) is 51.9. The van der Waals surface area contributed by atoms with Gasteiger partial charge >= 0.3 is 0 Å². The number of ether oxygens (including phenoxy) is 6. The van der Waals surface area contributed by atoms with E-state index in [-0.39, 0.29) is 18.9 Å². The highest BCUT2D eigenvalue weighted by molar-refractivity contribution is 5.76. The molecular weight excluding hydrogens is 1130 g/mol. The van der Waals surface area contributed by atoms with Crippen LogP contribution in [-0.4, -0.2) is 193 Å². The summed E-state index contributed by atoms with van der Waals surface area (Å²) in [6.07, 6.45) is 30.1. The minimum Gasteiger partial charge on any atom is -0.394 e. The Morgan fingerprint density at radius 1 is 0.398 bits per heavy atom. The van der Waals surface area contributed by atoms with E-state index in [2.05, 4.69) is 31.3 Å². The molecule has 17 unspecified atom stereocenters. The first-order valence-electron chi connectivity index (χ1n) is 35.9. The Balaban J connectivity index is 1.40. The zero-order chi connectivity index (χ0) is 64.0. The number of amides is 1. The fourth-order valence-corrected chi connectivity index (χ4v) is 12.5. The maximum absolute atomic E-state index is 13.4. The lowest BCUT2D eigenvalue weighted by molar-refractivity contribution is -0.379. The number of rotatable bonds is 56. The highest BCUT2D eigenvalue weighted by Crippen LogP contribution is 2.33. The largest absolute Gasteiger partial charge is 0.394 e. The Morgan fingerprint density at radius 2 is 0.716 bits per heavy atom. The molecule has 19 nitrogen and oxygen atoms in total. The molecule has 0 aliphatic carbocycles. The molecule has 0 aromatic rings. The highest BCUT2D eigenvalue weighted by Gasteiger charge is 2.53. The van der Waals surface area contributed by atoms with Crippen LogP contribution in [-0.2, 0) is 33.2 Å². The third-order valence-electron chi connectivity index (χ3n) is 18.3. The summed E-state index contributed by atoms with van der Waals surface area (Å²) in [6, 6.07) is -0.889. The van der Waals surface area contributed by atoms with Crippen LogP contribution >= 0.6 is 0 Å². The van der Waals surface area contributed by atoms with Crippen LogP contribution in [0, 0.1) is 0 Å². The fraction of sp³-hybridized carbons (Fsp3) is 0.957. The Bertz CT molecular complexity index is 1650. The Kier molecular flexibility index (Phi) is 47.6. The van der Waals surface area contributed by atoms with Crippen LogP contribution in [0.3, 0.4) is 0 Å². The fourth-order valence-electron chi connectivity index (χ4n) is 12.5. The number of allylic oxidation sites excluding steroid dienone is 2. The number of nitrogens with one attached hydrogen (secondary N) is 1. The summed E-state index contributed by atoms with van der Waals surface area (Å²) < 4.78 is 34.4. The SMILES string of the molecule is CCCCCCCCC/C=C\CCCCCCCC(=O)NC(COC1OC(CO)C(OC2OC(CO)C(OC3OC(CO)C(O)C(O)C3O)C(O)C2O)C(O)C1O)C(O)CCCCCCCCCCCCCCCCCCCCCCCCCCCCC. The number of hydrogen-bond donors (Lipinski definition) is 12. The summed E-state index contributed by atoms with van der Waals surface area (Å²) in [5.41, 5.74) is 0. The maximum atomic E-state index is 13.4. The van der Waals surface area contributed by atoms with E-state index in [0.717, 1.165) is 64.2 Å². The molecule has 0 spiro atoms. The molecule has 3 aliphatic rings. The number of carbonyl (C=O) groups is 1. The quantitative estimate of drug-likeness (QED) is 0.0199. The van der Waals surface area contributed by atoms with Gasteiger partial charge in [-0.2, -0.15) is 0 Å². The first kappa shape index (κ1) is 80.8. The highest BCUT2D eigenvalue weighted by atomic mass is 16.8. The van der Waals surface area contributed by atoms with E-state index < -0.39 is 124 Å². The molecule has 88 heavy (non-hydrogen) atoms. The lowest BCUT2D eigenvalue weighted by Gasteiger charge is -2.48. The molecule has 12 N–H and O–H groups in total. The monoisotopic (exact) mass is 1260 g/mol. The van der Waals surface area contributed by atoms with Crippen molar-refractivity contribution in [2.75, 3.05) is 26.4 Å². The summed E-state index contributed by atoms with van der Waals surface area (Å²) >= 11 is 0. The molecule has 3 saturated heterocycles. The van der Waals surface area contributed by atoms with Gasteiger partial charge in [-0.1, -0.05) is 257 Å². The third-order valence-corrected chi connectivity index (χ3v) is 18.3. The summed E-state index contributed by atoms with van der Waals surface area (Å²) in [6.45, 7) is 1.82. The van der Waals surface area contributed by atoms with Crippen molar-refractivity contribution in [1.82, 2.24) is 5.32 Å². The van der Waals surface area contributed by atoms with Crippen LogP contribution in [0.5, 0.6) is 0 Å². The molecule has 19 heteroatoms. The summed E-state index contributed by atoms with van der Waals surface area (Å²) in [5, 5.41) is 121. The third kappa shape index (κ3) is 33.6. The minimum absolute atomic E-state index is 0.247. The van der Waals surface area contributed by atoms with Gasteiger partial charge in [0.25, 0.3) is 0 Å². The van der Waals surface area contributed by atoms with Crippen molar-refractivity contribution in [2.45, 2.75) is 394 Å². The van der Waals surface area contributed by atoms with Crippen LogP contribution in [0.15, 0.2) is 12.2 Å². The smallest absolute Gasteiger partial charge is 0.220 e. The number of hydrogen-bond acceptors (Lipinski definition) is 18. The maximum Gasteiger partial charge on any atom is 0.220 e. The minimum atomic E-state index is -1.97. The van der Waals surface area contributed by atoms with Gasteiger partial charge in [-0.25, -0.2) is 0 Å². The summed E-state index contributed by atoms with van der Waals surface area (Å²) in [4.78, 5) is 13.4. The Hall–Kier alpha value is -1.47. The van der Waals surface area contributed by atoms with Crippen molar-refractivity contribution in [3.05, 3.63) is 12.2 Å². The zero-order valence-corrected chi connectivity index (χ0v) is 55.0. The number of aliphatic hydroxyl groups is 11. The van der Waals surface area contributed by atoms with Gasteiger partial charge in [-0.3, -0.25) is 4.79 Å². The second-order valence-electron chi connectivity index (χ2n) is 26.1. The van der Waals surface area contributed by atoms with Crippen LogP contribution in [0.25, 0.3) is 0 Å². The second-order valence-corrected chi connectivity index (χ2v) is 26.1. The normalized spacial score (nSPS) is 28.4. The van der Waals surface area contributed by atoms with Gasteiger partial charge < -0.3 is 89.9 Å². The first-order chi connectivity index (χ1) is 42.8. The number of aliphatic hydroxyl groups excluding tert-OH is 11. The van der Waals surface area contributed by atoms with E-state index in [1.54, 1.807) is 0 Å². The standard InChI is InChI=1S/C69H131NO18/c1-3-5-7-9-11-13-15-17-19-21-22-23-24-25-26-27-28-29-30-31-32-34-36-38-40-42-44-46-53(74)52(70-57(75)47-45-43-41-39-37-35-33-20-18-16-14-12-10-8-6-4-2)51-83-67-63(81)60(78)65(55(49-72)85-67)88-69-64(82)61(79)66(56(50-73)86-69)87-68-62(80)59(77)58(76)54(48-71)84-68/h20,33,52-56,58-69,71-74,76-82H,3-19,21-32,34-51H2,1-2H3,(H,70,75)/b33-20-. The Morgan fingerprint density at radius 3 is 1.10 bits per heavy atom. The van der Waals surface area contributed by atoms with Crippen LogP contribution in [0.1, 0.15) is 290 Å². The van der Waals surface area contributed by atoms with Crippen molar-refractivity contribution in [1.29, 1.82) is 0 Å². The summed E-state index contributed by atoms with van der Waals surface area (Å²) in [5.74, 6) is -0.247. The molecule has 17 atom stereocenters. The van der Waals surface area contributed by atoms with Crippen molar-refractivity contribution in [2.24, 2.45) is 0 Å². The molecule has 3 fully saturated rings. The molecule has 3 heterocycles. The average Bonchev–Trinajstić information content (AvgIpc) is 3.72. The van der Waals surface area contributed by atoms with E-state index >= 15 is 0 Å². The average molecular weight is 1260 g/mol. The topological polar surface area (TPSA) is 307 Å². The predicted molar refractivity (Wildman–Crippen MR) is 342 cm³/mol. The van der Waals surface area contributed by atoms with Gasteiger partial charge in [-0.05, 0) is 38.5 Å². The van der Waals surface area contributed by atoms with Crippen molar-refractivity contribution < 1.29 is 89.4 Å². The predicted octanol–water partition coefficient (Wildman–Crippen LogP) is 9.67. The van der Waals surface area contributed by atoms with Crippen molar-refractivity contribution >= 4 is 5.91 Å². The van der Waals surface area contributed by atoms with Crippen LogP contribution < -0.4 is 5.32 Å². The van der Waals surface area contributed by atoms with E-state index in [9.17, 15) is 61.0 Å². The van der Waals surface area contributed by atoms with Crippen molar-refractivity contribution in [3.63, 3.8) is 0 Å². The summed E-state index contributed by atoms with van der Waals surface area (Å²) in [7, 11) is 0. The van der Waals surface area contributed by atoms with Gasteiger partial charge in [0, 0.05) is 6.42 Å². The van der Waals surface area contributed by atoms with Crippen molar-refractivity contribution in [3.8, 4) is 0 Å². The lowest BCUT2D eigenvalue weighted by Crippen LogP contribution is -2.66. The van der Waals surface area contributed by atoms with E-state index in [4.69, 9.17) is 28.4 Å². The van der Waals surface area contributed by atoms with Gasteiger partial charge in [0.05, 0.1) is 38.6 Å². The van der Waals surface area contributed by atoms with Crippen LogP contribution in [0.4, 0.5) is 0 Å². The molecule has 0 aromatic heterocycles. The molecule has 3 aliphatic heterocycles. The molecule has 1 amide bonds. The van der Waals surface area contributed by atoms with Gasteiger partial charge in [0.2, 0.25) is 5.91 Å². The van der Waals surface area contributed by atoms with Crippen LogP contribution in [0.2, 0.25) is 0 Å². The molecule has 0 aromatic carbocycles. The van der Waals surface area contributed by atoms with E-state index in [1.807, 2.05) is 0 Å². The number of carbonyl (C=O) groups excluding carboxylic acids is 1. The number of unbranched alkanes of at least 4 members (excludes halogenated alkanes) is 38. The molecule has 3 rings (SSSR count).